The topological polar surface area (TPSA) is 25.8 Å². The van der Waals surface area contributed by atoms with Gasteiger partial charge in [0.1, 0.15) is 0 Å². The lowest BCUT2D eigenvalue weighted by Crippen LogP contribution is -1.95. The van der Waals surface area contributed by atoms with Gasteiger partial charge in [-0.3, -0.25) is 4.98 Å². The fourth-order valence-electron chi connectivity index (χ4n) is 6.61. The quantitative estimate of drug-likeness (QED) is 0.162. The second kappa shape index (κ2) is 8.69. The highest BCUT2D eigenvalue weighted by Gasteiger charge is 2.21. The van der Waals surface area contributed by atoms with Gasteiger partial charge in [0, 0.05) is 59.9 Å². The predicted molar refractivity (Wildman–Crippen MR) is 176 cm³/mol. The minimum absolute atomic E-state index is 1.02. The molecule has 0 aliphatic rings. The highest BCUT2D eigenvalue weighted by molar-refractivity contribution is 7.26. The molecule has 3 heterocycles. The number of hydrogen-bond acceptors (Lipinski definition) is 3. The number of fused-ring (bicyclic) bond motifs is 9. The first kappa shape index (κ1) is 22.7. The van der Waals surface area contributed by atoms with E-state index in [1.165, 1.54) is 69.0 Å². The van der Waals surface area contributed by atoms with E-state index in [1.807, 2.05) is 29.8 Å². The normalized spacial score (nSPS) is 11.9. The minimum Gasteiger partial charge on any atom is -0.264 e. The van der Waals surface area contributed by atoms with E-state index in [1.54, 1.807) is 0 Å². The number of thiophene rings is 1. The summed E-state index contributed by atoms with van der Waals surface area (Å²) in [6.45, 7) is 0. The van der Waals surface area contributed by atoms with Crippen molar-refractivity contribution in [2.75, 3.05) is 0 Å². The molecule has 0 spiro atoms. The maximum atomic E-state index is 5.43. The lowest BCUT2D eigenvalue weighted by molar-refractivity contribution is 1.33. The third kappa shape index (κ3) is 3.24. The highest BCUT2D eigenvalue weighted by Crippen LogP contribution is 2.47. The van der Waals surface area contributed by atoms with Crippen molar-refractivity contribution in [3.05, 3.63) is 134 Å². The van der Waals surface area contributed by atoms with Crippen LogP contribution in [0.1, 0.15) is 0 Å². The Hall–Kier alpha value is -5.12. The second-order valence-corrected chi connectivity index (χ2v) is 11.6. The lowest BCUT2D eigenvalue weighted by atomic mass is 9.86. The maximum absolute atomic E-state index is 5.43. The number of para-hydroxylation sites is 1. The van der Waals surface area contributed by atoms with Gasteiger partial charge in [0.25, 0.3) is 0 Å². The largest absolute Gasteiger partial charge is 0.264 e. The summed E-state index contributed by atoms with van der Waals surface area (Å²) < 4.78 is 2.64. The molecule has 41 heavy (non-hydrogen) atoms. The second-order valence-electron chi connectivity index (χ2n) is 10.5. The third-order valence-corrected chi connectivity index (χ3v) is 9.53. The van der Waals surface area contributed by atoms with Crippen LogP contribution in [0, 0.1) is 0 Å². The first-order valence-electron chi connectivity index (χ1n) is 13.8. The molecule has 3 heteroatoms. The summed E-state index contributed by atoms with van der Waals surface area (Å²) in [5, 5.41) is 11.1. The fourth-order valence-corrected chi connectivity index (χ4v) is 7.88. The molecule has 0 N–H and O–H groups in total. The Morgan fingerprint density at radius 2 is 1.07 bits per heavy atom. The standard InChI is InChI=1S/C38H22N2S/c1-3-14-27-25(12-1)34(23-10-9-21-39-22-23)26-13-2-4-15-28(26)35(27)37-31-20-19-29-24-11-6-8-18-33(24)41-38(29)36(31)30-16-5-7-17-32(30)40-37/h1-22H. The number of aromatic nitrogens is 2. The average molecular weight is 539 g/mol. The van der Waals surface area contributed by atoms with Gasteiger partial charge in [-0.2, -0.15) is 0 Å². The van der Waals surface area contributed by atoms with Gasteiger partial charge < -0.3 is 0 Å². The number of hydrogen-bond donors (Lipinski definition) is 0. The summed E-state index contributed by atoms with van der Waals surface area (Å²) in [5.41, 5.74) is 5.56. The molecule has 9 aromatic rings. The smallest absolute Gasteiger partial charge is 0.0801 e. The Labute approximate surface area is 240 Å². The van der Waals surface area contributed by atoms with Gasteiger partial charge in [-0.25, -0.2) is 4.98 Å². The van der Waals surface area contributed by atoms with Crippen molar-refractivity contribution in [3.63, 3.8) is 0 Å². The van der Waals surface area contributed by atoms with Crippen molar-refractivity contribution < 1.29 is 0 Å². The van der Waals surface area contributed by atoms with Crippen LogP contribution >= 0.6 is 11.3 Å². The number of pyridine rings is 2. The van der Waals surface area contributed by atoms with E-state index in [4.69, 9.17) is 4.98 Å². The van der Waals surface area contributed by atoms with Crippen LogP contribution in [0.3, 0.4) is 0 Å². The zero-order chi connectivity index (χ0) is 26.9. The molecule has 0 bridgehead atoms. The summed E-state index contributed by atoms with van der Waals surface area (Å²) in [6, 6.07) is 43.6. The molecule has 0 fully saturated rings. The van der Waals surface area contributed by atoms with Crippen LogP contribution < -0.4 is 0 Å². The zero-order valence-electron chi connectivity index (χ0n) is 22.0. The monoisotopic (exact) mass is 538 g/mol. The maximum Gasteiger partial charge on any atom is 0.0801 e. The van der Waals surface area contributed by atoms with E-state index in [2.05, 4.69) is 120 Å². The molecule has 0 aliphatic carbocycles. The Bertz CT molecular complexity index is 2420. The average Bonchev–Trinajstić information content (AvgIpc) is 3.42. The van der Waals surface area contributed by atoms with E-state index in [0.29, 0.717) is 0 Å². The van der Waals surface area contributed by atoms with E-state index >= 15 is 0 Å². The van der Waals surface area contributed by atoms with Crippen molar-refractivity contribution >= 4 is 74.7 Å². The van der Waals surface area contributed by atoms with Crippen LogP contribution in [0.15, 0.2) is 134 Å². The van der Waals surface area contributed by atoms with E-state index in [0.717, 1.165) is 16.8 Å². The molecule has 3 aromatic heterocycles. The Balaban J connectivity index is 1.51. The van der Waals surface area contributed by atoms with E-state index in [-0.39, 0.29) is 0 Å². The van der Waals surface area contributed by atoms with Gasteiger partial charge in [-0.05, 0) is 45.3 Å². The molecule has 6 aromatic carbocycles. The van der Waals surface area contributed by atoms with Crippen molar-refractivity contribution in [1.29, 1.82) is 0 Å². The minimum atomic E-state index is 1.02. The Morgan fingerprint density at radius 3 is 1.78 bits per heavy atom. The molecule has 190 valence electrons. The summed E-state index contributed by atoms with van der Waals surface area (Å²) in [6.07, 6.45) is 3.80. The predicted octanol–water partition coefficient (Wildman–Crippen LogP) is 10.8. The first-order chi connectivity index (χ1) is 20.4. The van der Waals surface area contributed by atoms with Crippen LogP contribution in [0.4, 0.5) is 0 Å². The van der Waals surface area contributed by atoms with Crippen molar-refractivity contribution in [3.8, 4) is 22.4 Å². The van der Waals surface area contributed by atoms with E-state index in [9.17, 15) is 0 Å². The van der Waals surface area contributed by atoms with Crippen LogP contribution in [-0.4, -0.2) is 9.97 Å². The van der Waals surface area contributed by atoms with Gasteiger partial charge in [-0.1, -0.05) is 103 Å². The van der Waals surface area contributed by atoms with Crippen molar-refractivity contribution in [2.24, 2.45) is 0 Å². The molecule has 0 atom stereocenters. The summed E-state index contributed by atoms with van der Waals surface area (Å²) in [7, 11) is 0. The Morgan fingerprint density at radius 1 is 0.463 bits per heavy atom. The molecule has 0 unspecified atom stereocenters. The van der Waals surface area contributed by atoms with Crippen LogP contribution in [0.5, 0.6) is 0 Å². The van der Waals surface area contributed by atoms with Crippen LogP contribution in [-0.2, 0) is 0 Å². The zero-order valence-corrected chi connectivity index (χ0v) is 22.8. The number of nitrogens with zero attached hydrogens (tertiary/aromatic N) is 2. The first-order valence-corrected chi connectivity index (χ1v) is 14.7. The molecule has 0 aliphatic heterocycles. The fraction of sp³-hybridized carbons (Fsp3) is 0. The molecular weight excluding hydrogens is 516 g/mol. The molecular formula is C38H22N2S. The molecule has 0 amide bonds. The van der Waals surface area contributed by atoms with Gasteiger partial charge in [0.15, 0.2) is 0 Å². The molecule has 0 radical (unpaired) electrons. The summed E-state index contributed by atoms with van der Waals surface area (Å²) in [4.78, 5) is 9.90. The highest BCUT2D eigenvalue weighted by atomic mass is 32.1. The molecule has 0 saturated heterocycles. The summed E-state index contributed by atoms with van der Waals surface area (Å²) >= 11 is 1.88. The van der Waals surface area contributed by atoms with Gasteiger partial charge in [0.05, 0.1) is 11.2 Å². The molecule has 0 saturated carbocycles. The van der Waals surface area contributed by atoms with E-state index < -0.39 is 0 Å². The number of benzene rings is 6. The Kier molecular flexibility index (Phi) is 4.80. The van der Waals surface area contributed by atoms with Crippen LogP contribution in [0.2, 0.25) is 0 Å². The van der Waals surface area contributed by atoms with Crippen molar-refractivity contribution in [1.82, 2.24) is 9.97 Å². The molecule has 9 rings (SSSR count). The SMILES string of the molecule is c1cncc(-c2c3ccccc3c(-c3nc4ccccc4c4c3ccc3c5ccccc5sc34)c3ccccc23)c1. The number of rotatable bonds is 2. The third-order valence-electron chi connectivity index (χ3n) is 8.33. The van der Waals surface area contributed by atoms with Crippen molar-refractivity contribution in [2.45, 2.75) is 0 Å². The molecule has 2 nitrogen and oxygen atoms in total. The van der Waals surface area contributed by atoms with Crippen LogP contribution in [0.25, 0.3) is 85.8 Å². The van der Waals surface area contributed by atoms with Gasteiger partial charge in [-0.15, -0.1) is 11.3 Å². The summed E-state index contributed by atoms with van der Waals surface area (Å²) in [5.74, 6) is 0. The van der Waals surface area contributed by atoms with Gasteiger partial charge in [0.2, 0.25) is 0 Å². The van der Waals surface area contributed by atoms with Gasteiger partial charge >= 0.3 is 0 Å². The lowest BCUT2D eigenvalue weighted by Gasteiger charge is -2.19.